The minimum absolute atomic E-state index is 0.228. The van der Waals surface area contributed by atoms with Gasteiger partial charge in [-0.05, 0) is 31.6 Å². The fraction of sp³-hybridized carbons (Fsp3) is 0.750. The fourth-order valence-electron chi connectivity index (χ4n) is 4.22. The number of carboxylic acids is 1. The zero-order valence-electron chi connectivity index (χ0n) is 18.1. The molecule has 2 aliphatic rings. The number of carbonyl (C=O) groups excluding carboxylic acids is 4. The number of nitrogens with one attached hydrogen (secondary N) is 1. The largest absolute Gasteiger partial charge is 0.480 e. The quantitative estimate of drug-likeness (QED) is 0.348. The molecule has 11 nitrogen and oxygen atoms in total. The maximum atomic E-state index is 13.2. The van der Waals surface area contributed by atoms with Crippen molar-refractivity contribution in [3.63, 3.8) is 0 Å². The van der Waals surface area contributed by atoms with Gasteiger partial charge in [0.05, 0.1) is 12.5 Å². The molecule has 5 unspecified atom stereocenters. The molecule has 2 fully saturated rings. The van der Waals surface area contributed by atoms with Gasteiger partial charge in [-0.25, -0.2) is 4.79 Å². The molecule has 6 N–H and O–H groups in total. The Balaban J connectivity index is 2.14. The van der Waals surface area contributed by atoms with Gasteiger partial charge in [0.1, 0.15) is 18.1 Å². The summed E-state index contributed by atoms with van der Waals surface area (Å²) in [6.45, 7) is 4.34. The van der Waals surface area contributed by atoms with Gasteiger partial charge in [-0.1, -0.05) is 20.3 Å². The molecule has 0 bridgehead atoms. The smallest absolute Gasteiger partial charge is 0.326 e. The highest BCUT2D eigenvalue weighted by Gasteiger charge is 2.42. The van der Waals surface area contributed by atoms with E-state index in [1.54, 1.807) is 0 Å². The Kier molecular flexibility index (Phi) is 8.37. The van der Waals surface area contributed by atoms with E-state index in [1.807, 2.05) is 13.8 Å². The number of hydrogen-bond acceptors (Lipinski definition) is 6. The minimum Gasteiger partial charge on any atom is -0.480 e. The van der Waals surface area contributed by atoms with Crippen LogP contribution in [0.25, 0.3) is 0 Å². The van der Waals surface area contributed by atoms with Crippen molar-refractivity contribution in [2.75, 3.05) is 13.1 Å². The van der Waals surface area contributed by atoms with Gasteiger partial charge >= 0.3 is 5.97 Å². The van der Waals surface area contributed by atoms with E-state index in [-0.39, 0.29) is 12.3 Å². The molecule has 0 saturated carbocycles. The first-order valence-corrected chi connectivity index (χ1v) is 10.8. The molecule has 0 aromatic heterocycles. The van der Waals surface area contributed by atoms with Crippen molar-refractivity contribution in [3.05, 3.63) is 0 Å². The van der Waals surface area contributed by atoms with Crippen LogP contribution in [0.1, 0.15) is 52.4 Å². The van der Waals surface area contributed by atoms with E-state index < -0.39 is 53.8 Å². The number of nitrogens with zero attached hydrogens (tertiary/aromatic N) is 2. The number of nitrogens with two attached hydrogens (primary N) is 2. The summed E-state index contributed by atoms with van der Waals surface area (Å²) in [5, 5.41) is 12.2. The second-order valence-corrected chi connectivity index (χ2v) is 8.37. The third-order valence-corrected chi connectivity index (χ3v) is 6.17. The third kappa shape index (κ3) is 5.72. The standard InChI is InChI=1S/C20H33N5O6/c1-3-11(2)16(19(29)25-9-5-7-14(25)20(30)31)23-17(27)13-6-4-8-24(13)18(28)12(21)10-15(22)26/h11-14,16H,3-10,21H2,1-2H3,(H2,22,26)(H,23,27)(H,30,31). The first-order chi connectivity index (χ1) is 14.6. The molecule has 174 valence electrons. The Bertz CT molecular complexity index is 729. The van der Waals surface area contributed by atoms with E-state index in [4.69, 9.17) is 11.5 Å². The summed E-state index contributed by atoms with van der Waals surface area (Å²) in [4.78, 5) is 64.0. The summed E-state index contributed by atoms with van der Waals surface area (Å²) < 4.78 is 0. The molecule has 2 saturated heterocycles. The van der Waals surface area contributed by atoms with Gasteiger partial charge in [0, 0.05) is 13.1 Å². The van der Waals surface area contributed by atoms with Crippen LogP contribution in [-0.2, 0) is 24.0 Å². The SMILES string of the molecule is CCC(C)C(NC(=O)C1CCCN1C(=O)C(N)CC(N)=O)C(=O)N1CCCC1C(=O)O. The summed E-state index contributed by atoms with van der Waals surface area (Å²) >= 11 is 0. The first kappa shape index (κ1) is 24.6. The summed E-state index contributed by atoms with van der Waals surface area (Å²) in [5.74, 6) is -3.43. The van der Waals surface area contributed by atoms with E-state index in [0.717, 1.165) is 0 Å². The van der Waals surface area contributed by atoms with Crippen LogP contribution < -0.4 is 16.8 Å². The fourth-order valence-corrected chi connectivity index (χ4v) is 4.22. The molecule has 2 aliphatic heterocycles. The van der Waals surface area contributed by atoms with E-state index in [9.17, 15) is 29.1 Å². The van der Waals surface area contributed by atoms with Gasteiger partial charge in [0.25, 0.3) is 0 Å². The molecular formula is C20H33N5O6. The molecule has 0 aliphatic carbocycles. The van der Waals surface area contributed by atoms with Crippen LogP contribution >= 0.6 is 0 Å². The van der Waals surface area contributed by atoms with Gasteiger partial charge in [-0.3, -0.25) is 19.2 Å². The lowest BCUT2D eigenvalue weighted by molar-refractivity contribution is -0.150. The Labute approximate surface area is 181 Å². The minimum atomic E-state index is -1.13. The van der Waals surface area contributed by atoms with Gasteiger partial charge < -0.3 is 31.7 Å². The number of carboxylic acid groups (broad SMARTS) is 1. The summed E-state index contributed by atoms with van der Waals surface area (Å²) in [5.41, 5.74) is 10.9. The number of rotatable bonds is 9. The van der Waals surface area contributed by atoms with Crippen LogP contribution in [0.3, 0.4) is 0 Å². The average molecular weight is 440 g/mol. The maximum Gasteiger partial charge on any atom is 0.326 e. The van der Waals surface area contributed by atoms with Gasteiger partial charge in [-0.15, -0.1) is 0 Å². The van der Waals surface area contributed by atoms with Gasteiger partial charge in [-0.2, -0.15) is 0 Å². The molecule has 5 atom stereocenters. The van der Waals surface area contributed by atoms with Crippen LogP contribution in [0.15, 0.2) is 0 Å². The first-order valence-electron chi connectivity index (χ1n) is 10.8. The van der Waals surface area contributed by atoms with Crippen LogP contribution in [0.4, 0.5) is 0 Å². The summed E-state index contributed by atoms with van der Waals surface area (Å²) in [6, 6.07) is -3.72. The topological polar surface area (TPSA) is 176 Å². The van der Waals surface area contributed by atoms with Gasteiger partial charge in [0.15, 0.2) is 0 Å². The third-order valence-electron chi connectivity index (χ3n) is 6.17. The number of hydrogen-bond donors (Lipinski definition) is 4. The summed E-state index contributed by atoms with van der Waals surface area (Å²) in [6.07, 6.45) is 2.24. The number of carbonyl (C=O) groups is 5. The lowest BCUT2D eigenvalue weighted by Crippen LogP contribution is -2.58. The van der Waals surface area contributed by atoms with Crippen LogP contribution in [-0.4, -0.2) is 81.8 Å². The predicted molar refractivity (Wildman–Crippen MR) is 110 cm³/mol. The Morgan fingerprint density at radius 1 is 1.03 bits per heavy atom. The number of aliphatic carboxylic acids is 1. The predicted octanol–water partition coefficient (Wildman–Crippen LogP) is -1.21. The highest BCUT2D eigenvalue weighted by atomic mass is 16.4. The van der Waals surface area contributed by atoms with Crippen molar-refractivity contribution < 1.29 is 29.1 Å². The highest BCUT2D eigenvalue weighted by Crippen LogP contribution is 2.23. The summed E-state index contributed by atoms with van der Waals surface area (Å²) in [7, 11) is 0. The molecule has 0 aromatic carbocycles. The van der Waals surface area contributed by atoms with Crippen molar-refractivity contribution in [2.45, 2.75) is 76.5 Å². The zero-order valence-corrected chi connectivity index (χ0v) is 18.1. The highest BCUT2D eigenvalue weighted by molar-refractivity contribution is 5.95. The van der Waals surface area contributed by atoms with Crippen molar-refractivity contribution in [1.82, 2.24) is 15.1 Å². The second-order valence-electron chi connectivity index (χ2n) is 8.37. The van der Waals surface area contributed by atoms with E-state index in [0.29, 0.717) is 45.2 Å². The van der Waals surface area contributed by atoms with Crippen LogP contribution in [0, 0.1) is 5.92 Å². The van der Waals surface area contributed by atoms with E-state index >= 15 is 0 Å². The normalized spacial score (nSPS) is 23.8. The molecular weight excluding hydrogens is 406 g/mol. The number of primary amides is 1. The Morgan fingerprint density at radius 2 is 1.58 bits per heavy atom. The lowest BCUT2D eigenvalue weighted by Gasteiger charge is -2.32. The lowest BCUT2D eigenvalue weighted by atomic mass is 9.96. The molecule has 31 heavy (non-hydrogen) atoms. The average Bonchev–Trinajstić information content (AvgIpc) is 3.39. The maximum absolute atomic E-state index is 13.2. The monoisotopic (exact) mass is 439 g/mol. The molecule has 4 amide bonds. The Hall–Kier alpha value is -2.69. The molecule has 0 aromatic rings. The molecule has 0 radical (unpaired) electrons. The second kappa shape index (κ2) is 10.6. The van der Waals surface area contributed by atoms with E-state index in [2.05, 4.69) is 5.32 Å². The molecule has 11 heteroatoms. The van der Waals surface area contributed by atoms with Gasteiger partial charge in [0.2, 0.25) is 23.6 Å². The van der Waals surface area contributed by atoms with Crippen molar-refractivity contribution in [1.29, 1.82) is 0 Å². The number of amides is 4. The van der Waals surface area contributed by atoms with Crippen LogP contribution in [0.2, 0.25) is 0 Å². The van der Waals surface area contributed by atoms with E-state index in [1.165, 1.54) is 9.80 Å². The van der Waals surface area contributed by atoms with Crippen molar-refractivity contribution >= 4 is 29.6 Å². The zero-order chi connectivity index (χ0) is 23.3. The molecule has 2 heterocycles. The number of likely N-dealkylation sites (tertiary alicyclic amines) is 2. The van der Waals surface area contributed by atoms with Crippen molar-refractivity contribution in [3.8, 4) is 0 Å². The Morgan fingerprint density at radius 3 is 2.10 bits per heavy atom. The van der Waals surface area contributed by atoms with Crippen molar-refractivity contribution in [2.24, 2.45) is 17.4 Å². The van der Waals surface area contributed by atoms with Crippen LogP contribution in [0.5, 0.6) is 0 Å². The molecule has 0 spiro atoms. The molecule has 2 rings (SSSR count).